The van der Waals surface area contributed by atoms with Crippen LogP contribution in [-0.4, -0.2) is 34.1 Å². The van der Waals surface area contributed by atoms with Crippen LogP contribution in [0.4, 0.5) is 14.5 Å². The summed E-state index contributed by atoms with van der Waals surface area (Å²) in [5.41, 5.74) is 9.81. The standard InChI is InChI=1S/C23H18F2N6/c24-15-7-13(9-26)6-14(8-15)17-10-28-11-18(22(17)31-5-4-16(27)12-31)23-29-20-3-1-2-19(25)21(20)30-23/h1-3,6-8,10-11,16H,4-5,12,27H2,(H,29,30)/t16-/m0/s1. The van der Waals surface area contributed by atoms with Crippen LogP contribution in [0.25, 0.3) is 33.5 Å². The van der Waals surface area contributed by atoms with Crippen molar-refractivity contribution in [1.29, 1.82) is 5.26 Å². The van der Waals surface area contributed by atoms with Gasteiger partial charge >= 0.3 is 0 Å². The third-order valence-corrected chi connectivity index (χ3v) is 5.51. The zero-order chi connectivity index (χ0) is 21.5. The molecular formula is C23H18F2N6. The van der Waals surface area contributed by atoms with Gasteiger partial charge in [-0.05, 0) is 42.3 Å². The summed E-state index contributed by atoms with van der Waals surface area (Å²) in [7, 11) is 0. The fraction of sp³-hybridized carbons (Fsp3) is 0.174. The summed E-state index contributed by atoms with van der Waals surface area (Å²) in [6.07, 6.45) is 4.10. The predicted molar refractivity (Wildman–Crippen MR) is 114 cm³/mol. The highest BCUT2D eigenvalue weighted by molar-refractivity contribution is 5.91. The molecule has 3 heterocycles. The van der Waals surface area contributed by atoms with Crippen molar-refractivity contribution in [2.24, 2.45) is 5.73 Å². The topological polar surface area (TPSA) is 94.6 Å². The number of pyridine rings is 1. The third kappa shape index (κ3) is 3.39. The maximum atomic E-state index is 14.2. The van der Waals surface area contributed by atoms with Crippen LogP contribution in [0.1, 0.15) is 12.0 Å². The van der Waals surface area contributed by atoms with E-state index in [4.69, 9.17) is 5.73 Å². The van der Waals surface area contributed by atoms with Crippen molar-refractivity contribution in [3.63, 3.8) is 0 Å². The Morgan fingerprint density at radius 1 is 1.16 bits per heavy atom. The molecule has 1 aliphatic heterocycles. The number of anilines is 1. The molecule has 5 rings (SSSR count). The second-order valence-corrected chi connectivity index (χ2v) is 7.64. The lowest BCUT2D eigenvalue weighted by Crippen LogP contribution is -2.27. The minimum Gasteiger partial charge on any atom is -0.369 e. The second kappa shape index (κ2) is 7.45. The third-order valence-electron chi connectivity index (χ3n) is 5.51. The summed E-state index contributed by atoms with van der Waals surface area (Å²) >= 11 is 0. The Morgan fingerprint density at radius 3 is 2.74 bits per heavy atom. The van der Waals surface area contributed by atoms with Crippen LogP contribution in [0.5, 0.6) is 0 Å². The molecule has 31 heavy (non-hydrogen) atoms. The van der Waals surface area contributed by atoms with Crippen LogP contribution < -0.4 is 10.6 Å². The van der Waals surface area contributed by atoms with E-state index in [0.717, 1.165) is 12.1 Å². The number of aromatic amines is 1. The zero-order valence-electron chi connectivity index (χ0n) is 16.4. The number of hydrogen-bond donors (Lipinski definition) is 2. The van der Waals surface area contributed by atoms with Gasteiger partial charge in [-0.3, -0.25) is 4.98 Å². The summed E-state index contributed by atoms with van der Waals surface area (Å²) in [6, 6.07) is 10.9. The van der Waals surface area contributed by atoms with Gasteiger partial charge in [0.2, 0.25) is 0 Å². The van der Waals surface area contributed by atoms with E-state index in [1.165, 1.54) is 18.2 Å². The largest absolute Gasteiger partial charge is 0.369 e. The van der Waals surface area contributed by atoms with Crippen LogP contribution in [0.3, 0.4) is 0 Å². The molecule has 0 unspecified atom stereocenters. The predicted octanol–water partition coefficient (Wildman–Crippen LogP) is 3.98. The normalized spacial score (nSPS) is 16.1. The Morgan fingerprint density at radius 2 is 2.00 bits per heavy atom. The van der Waals surface area contributed by atoms with Crippen molar-refractivity contribution < 1.29 is 8.78 Å². The van der Waals surface area contributed by atoms with E-state index >= 15 is 0 Å². The number of nitrogens with two attached hydrogens (primary N) is 1. The lowest BCUT2D eigenvalue weighted by atomic mass is 9.99. The van der Waals surface area contributed by atoms with Gasteiger partial charge < -0.3 is 15.6 Å². The molecule has 2 aromatic carbocycles. The first-order valence-corrected chi connectivity index (χ1v) is 9.87. The molecular weight excluding hydrogens is 398 g/mol. The first kappa shape index (κ1) is 19.2. The molecule has 6 nitrogen and oxygen atoms in total. The number of fused-ring (bicyclic) bond motifs is 1. The number of H-pyrrole nitrogens is 1. The molecule has 1 atom stereocenters. The molecule has 1 saturated heterocycles. The average molecular weight is 416 g/mol. The molecule has 0 aliphatic carbocycles. The molecule has 154 valence electrons. The van der Waals surface area contributed by atoms with E-state index in [1.54, 1.807) is 30.6 Å². The fourth-order valence-corrected chi connectivity index (χ4v) is 4.10. The van der Waals surface area contributed by atoms with Crippen molar-refractivity contribution in [3.8, 4) is 28.6 Å². The Balaban J connectivity index is 1.75. The molecule has 1 fully saturated rings. The van der Waals surface area contributed by atoms with Crippen LogP contribution in [0.2, 0.25) is 0 Å². The van der Waals surface area contributed by atoms with Gasteiger partial charge in [-0.25, -0.2) is 13.8 Å². The van der Waals surface area contributed by atoms with Gasteiger partial charge in [0.1, 0.15) is 17.2 Å². The molecule has 1 aliphatic rings. The Labute approximate surface area is 177 Å². The smallest absolute Gasteiger partial charge is 0.151 e. The molecule has 4 aromatic rings. The molecule has 8 heteroatoms. The quantitative estimate of drug-likeness (QED) is 0.527. The SMILES string of the molecule is N#Cc1cc(F)cc(-c2cncc(-c3nc4c(F)cccc4[nH]3)c2N2CC[C@H](N)C2)c1. The minimum absolute atomic E-state index is 0.00385. The highest BCUT2D eigenvalue weighted by Crippen LogP contribution is 2.40. The van der Waals surface area contributed by atoms with Crippen molar-refractivity contribution in [2.75, 3.05) is 18.0 Å². The number of nitrogens with zero attached hydrogens (tertiary/aromatic N) is 4. The maximum absolute atomic E-state index is 14.2. The second-order valence-electron chi connectivity index (χ2n) is 7.64. The van der Waals surface area contributed by atoms with E-state index in [2.05, 4.69) is 19.9 Å². The Bertz CT molecular complexity index is 1340. The van der Waals surface area contributed by atoms with Gasteiger partial charge in [-0.15, -0.1) is 0 Å². The van der Waals surface area contributed by atoms with Gasteiger partial charge in [-0.1, -0.05) is 6.07 Å². The van der Waals surface area contributed by atoms with Crippen LogP contribution in [0, 0.1) is 23.0 Å². The first-order chi connectivity index (χ1) is 15.0. The van der Waals surface area contributed by atoms with Crippen LogP contribution >= 0.6 is 0 Å². The fourth-order valence-electron chi connectivity index (χ4n) is 4.10. The maximum Gasteiger partial charge on any atom is 0.151 e. The molecule has 0 spiro atoms. The Hall–Kier alpha value is -3.83. The van der Waals surface area contributed by atoms with Gasteiger partial charge in [0.05, 0.1) is 28.4 Å². The number of para-hydroxylation sites is 1. The highest BCUT2D eigenvalue weighted by Gasteiger charge is 2.27. The number of aromatic nitrogens is 3. The summed E-state index contributed by atoms with van der Waals surface area (Å²) in [6.45, 7) is 1.32. The van der Waals surface area contributed by atoms with Crippen molar-refractivity contribution in [2.45, 2.75) is 12.5 Å². The number of hydrogen-bond acceptors (Lipinski definition) is 5. The summed E-state index contributed by atoms with van der Waals surface area (Å²) in [4.78, 5) is 14.1. The van der Waals surface area contributed by atoms with Gasteiger partial charge in [0, 0.05) is 37.1 Å². The summed E-state index contributed by atoms with van der Waals surface area (Å²) in [5.74, 6) is -0.464. The molecule has 2 aromatic heterocycles. The number of nitrogens with one attached hydrogen (secondary N) is 1. The monoisotopic (exact) mass is 416 g/mol. The van der Waals surface area contributed by atoms with Crippen LogP contribution in [0.15, 0.2) is 48.8 Å². The van der Waals surface area contributed by atoms with E-state index in [1.807, 2.05) is 6.07 Å². The summed E-state index contributed by atoms with van der Waals surface area (Å²) < 4.78 is 28.5. The van der Waals surface area contributed by atoms with Crippen molar-refractivity contribution in [1.82, 2.24) is 15.0 Å². The minimum atomic E-state index is -0.505. The van der Waals surface area contributed by atoms with E-state index < -0.39 is 11.6 Å². The summed E-state index contributed by atoms with van der Waals surface area (Å²) in [5, 5.41) is 9.28. The molecule has 0 amide bonds. The molecule has 0 bridgehead atoms. The van der Waals surface area contributed by atoms with E-state index in [-0.39, 0.29) is 17.1 Å². The number of benzene rings is 2. The number of rotatable bonds is 3. The van der Waals surface area contributed by atoms with Gasteiger partial charge in [0.25, 0.3) is 0 Å². The van der Waals surface area contributed by atoms with Crippen LogP contribution in [-0.2, 0) is 0 Å². The molecule has 0 radical (unpaired) electrons. The van der Waals surface area contributed by atoms with Crippen molar-refractivity contribution in [3.05, 3.63) is 66.0 Å². The molecule has 0 saturated carbocycles. The Kier molecular flexibility index (Phi) is 4.60. The van der Waals surface area contributed by atoms with Crippen molar-refractivity contribution >= 4 is 16.7 Å². The molecule has 3 N–H and O–H groups in total. The first-order valence-electron chi connectivity index (χ1n) is 9.87. The highest BCUT2D eigenvalue weighted by atomic mass is 19.1. The van der Waals surface area contributed by atoms with Gasteiger partial charge in [-0.2, -0.15) is 5.26 Å². The number of nitriles is 1. The number of imidazole rings is 1. The van der Waals surface area contributed by atoms with E-state index in [0.29, 0.717) is 41.1 Å². The lowest BCUT2D eigenvalue weighted by Gasteiger charge is -2.24. The van der Waals surface area contributed by atoms with Gasteiger partial charge in [0.15, 0.2) is 5.82 Å². The average Bonchev–Trinajstić information content (AvgIpc) is 3.40. The zero-order valence-corrected chi connectivity index (χ0v) is 16.4. The van der Waals surface area contributed by atoms with E-state index in [9.17, 15) is 14.0 Å². The lowest BCUT2D eigenvalue weighted by molar-refractivity contribution is 0.628. The number of halogens is 2.